The molecule has 124 valence electrons. The Morgan fingerprint density at radius 1 is 1.30 bits per heavy atom. The summed E-state index contributed by atoms with van der Waals surface area (Å²) in [6.07, 6.45) is -3.61. The zero-order valence-corrected chi connectivity index (χ0v) is 12.3. The molecule has 0 aromatic carbocycles. The monoisotopic (exact) mass is 332 g/mol. The van der Waals surface area contributed by atoms with Gasteiger partial charge in [0, 0.05) is 20.2 Å². The highest BCUT2D eigenvalue weighted by Gasteiger charge is 2.35. The highest BCUT2D eigenvalue weighted by Crippen LogP contribution is 2.29. The Morgan fingerprint density at radius 2 is 1.96 bits per heavy atom. The van der Waals surface area contributed by atoms with E-state index in [9.17, 15) is 22.4 Å². The smallest absolute Gasteiger partial charge is 0.265 e. The Morgan fingerprint density at radius 3 is 2.43 bits per heavy atom. The van der Waals surface area contributed by atoms with Crippen molar-refractivity contribution >= 4 is 12.1 Å². The van der Waals surface area contributed by atoms with Crippen LogP contribution in [0.2, 0.25) is 0 Å². The maximum Gasteiger partial charge on any atom is 0.433 e. The number of nitrogens with zero attached hydrogens (tertiary/aromatic N) is 5. The largest absolute Gasteiger partial charge is 0.433 e. The molecule has 23 heavy (non-hydrogen) atoms. The van der Waals surface area contributed by atoms with Crippen molar-refractivity contribution in [3.63, 3.8) is 0 Å². The van der Waals surface area contributed by atoms with Crippen molar-refractivity contribution in [1.29, 1.82) is 0 Å². The minimum atomic E-state index is -4.63. The van der Waals surface area contributed by atoms with Crippen LogP contribution >= 0.6 is 0 Å². The number of amides is 1. The average molecular weight is 332 g/mol. The third-order valence-corrected chi connectivity index (χ3v) is 2.96. The second-order valence-electron chi connectivity index (χ2n) is 4.65. The number of aryl methyl sites for hydroxylation is 3. The van der Waals surface area contributed by atoms with Crippen LogP contribution in [0.1, 0.15) is 27.4 Å². The van der Waals surface area contributed by atoms with Crippen molar-refractivity contribution in [1.82, 2.24) is 25.0 Å². The van der Waals surface area contributed by atoms with E-state index in [0.29, 0.717) is 16.4 Å². The first-order valence-electron chi connectivity index (χ1n) is 6.25. The van der Waals surface area contributed by atoms with Gasteiger partial charge in [-0.3, -0.25) is 9.48 Å². The summed E-state index contributed by atoms with van der Waals surface area (Å²) < 4.78 is 53.0. The van der Waals surface area contributed by atoms with Gasteiger partial charge in [-0.2, -0.15) is 32.9 Å². The summed E-state index contributed by atoms with van der Waals surface area (Å²) in [6.45, 7) is 1.54. The molecule has 2 heterocycles. The summed E-state index contributed by atoms with van der Waals surface area (Å²) in [4.78, 5) is 11.7. The molecule has 0 saturated carbocycles. The lowest BCUT2D eigenvalue weighted by Crippen LogP contribution is -2.18. The topological polar surface area (TPSA) is 77.1 Å². The Kier molecular flexibility index (Phi) is 4.21. The van der Waals surface area contributed by atoms with E-state index in [2.05, 4.69) is 15.3 Å². The zero-order chi connectivity index (χ0) is 17.4. The van der Waals surface area contributed by atoms with E-state index in [4.69, 9.17) is 0 Å². The van der Waals surface area contributed by atoms with Crippen LogP contribution in [0.5, 0.6) is 0 Å². The average Bonchev–Trinajstić information content (AvgIpc) is 2.93. The molecular weight excluding hydrogens is 320 g/mol. The predicted octanol–water partition coefficient (Wildman–Crippen LogP) is 1.38. The number of aromatic nitrogens is 4. The quantitative estimate of drug-likeness (QED) is 0.524. The van der Waals surface area contributed by atoms with Gasteiger partial charge in [-0.15, -0.1) is 0 Å². The molecule has 2 rings (SSSR count). The molecule has 0 aliphatic rings. The van der Waals surface area contributed by atoms with Gasteiger partial charge in [0.2, 0.25) is 5.95 Å². The van der Waals surface area contributed by atoms with Gasteiger partial charge in [-0.1, -0.05) is 0 Å². The van der Waals surface area contributed by atoms with Gasteiger partial charge in [-0.05, 0) is 6.92 Å². The third-order valence-electron chi connectivity index (χ3n) is 2.96. The fraction of sp³-hybridized carbons (Fsp3) is 0.333. The molecule has 0 spiro atoms. The van der Waals surface area contributed by atoms with E-state index in [-0.39, 0.29) is 5.56 Å². The maximum absolute atomic E-state index is 13.6. The first-order valence-corrected chi connectivity index (χ1v) is 6.25. The number of hydrazone groups is 1. The molecule has 0 aliphatic carbocycles. The second kappa shape index (κ2) is 5.82. The van der Waals surface area contributed by atoms with Gasteiger partial charge in [0.15, 0.2) is 5.69 Å². The predicted molar refractivity (Wildman–Crippen MR) is 71.2 cm³/mol. The van der Waals surface area contributed by atoms with E-state index in [0.717, 1.165) is 17.9 Å². The number of hydrogen-bond donors (Lipinski definition) is 1. The first-order chi connectivity index (χ1) is 10.6. The molecule has 7 nitrogen and oxygen atoms in total. The number of carbonyl (C=O) groups is 1. The SMILES string of the molecule is Cc1nn(C)c(F)c1/C=N\NC(=O)c1cc(C(F)(F)F)n(C)n1. The fourth-order valence-corrected chi connectivity index (χ4v) is 1.85. The number of rotatable bonds is 3. The summed E-state index contributed by atoms with van der Waals surface area (Å²) >= 11 is 0. The Labute approximate surface area is 127 Å². The number of nitrogens with one attached hydrogen (secondary N) is 1. The normalized spacial score (nSPS) is 12.1. The Hall–Kier alpha value is -2.72. The van der Waals surface area contributed by atoms with Crippen LogP contribution in [-0.2, 0) is 20.3 Å². The molecular formula is C12H12F4N6O. The van der Waals surface area contributed by atoms with Crippen LogP contribution in [0.3, 0.4) is 0 Å². The van der Waals surface area contributed by atoms with Crippen molar-refractivity contribution in [3.8, 4) is 0 Å². The second-order valence-corrected chi connectivity index (χ2v) is 4.65. The Balaban J connectivity index is 2.13. The van der Waals surface area contributed by atoms with Gasteiger partial charge in [0.05, 0.1) is 17.5 Å². The third kappa shape index (κ3) is 3.38. The van der Waals surface area contributed by atoms with Gasteiger partial charge >= 0.3 is 6.18 Å². The van der Waals surface area contributed by atoms with Crippen LogP contribution in [0, 0.1) is 12.9 Å². The summed E-state index contributed by atoms with van der Waals surface area (Å²) in [7, 11) is 2.46. The highest BCUT2D eigenvalue weighted by molar-refractivity contribution is 5.93. The molecule has 0 radical (unpaired) electrons. The van der Waals surface area contributed by atoms with Crippen LogP contribution in [0.15, 0.2) is 11.2 Å². The molecule has 0 atom stereocenters. The van der Waals surface area contributed by atoms with E-state index >= 15 is 0 Å². The minimum Gasteiger partial charge on any atom is -0.265 e. The van der Waals surface area contributed by atoms with Crippen molar-refractivity contribution in [2.45, 2.75) is 13.1 Å². The van der Waals surface area contributed by atoms with E-state index in [1.54, 1.807) is 6.92 Å². The fourth-order valence-electron chi connectivity index (χ4n) is 1.85. The highest BCUT2D eigenvalue weighted by atomic mass is 19.4. The number of halogens is 4. The van der Waals surface area contributed by atoms with Crippen molar-refractivity contribution < 1.29 is 22.4 Å². The maximum atomic E-state index is 13.6. The van der Waals surface area contributed by atoms with Crippen LogP contribution < -0.4 is 5.43 Å². The van der Waals surface area contributed by atoms with Crippen molar-refractivity contribution in [2.75, 3.05) is 0 Å². The van der Waals surface area contributed by atoms with E-state index in [1.165, 1.54) is 7.05 Å². The standard InChI is InChI=1S/C12H12F4N6O/c1-6-7(10(13)22(3)19-6)5-17-18-11(23)8-4-9(12(14,15)16)21(2)20-8/h4-5H,1-3H3,(H,18,23)/b17-5-. The Bertz CT molecular complexity index is 773. The molecule has 0 bridgehead atoms. The lowest BCUT2D eigenvalue weighted by Gasteiger charge is -2.04. The van der Waals surface area contributed by atoms with Crippen LogP contribution in [0.25, 0.3) is 0 Å². The van der Waals surface area contributed by atoms with E-state index < -0.39 is 29.4 Å². The van der Waals surface area contributed by atoms with Gasteiger partial charge in [0.25, 0.3) is 5.91 Å². The molecule has 1 N–H and O–H groups in total. The van der Waals surface area contributed by atoms with Gasteiger partial charge in [0.1, 0.15) is 5.69 Å². The van der Waals surface area contributed by atoms with Crippen molar-refractivity contribution in [3.05, 3.63) is 34.7 Å². The molecule has 2 aromatic heterocycles. The van der Waals surface area contributed by atoms with Crippen LogP contribution in [0.4, 0.5) is 17.6 Å². The van der Waals surface area contributed by atoms with E-state index in [1.807, 2.05) is 5.43 Å². The molecule has 1 amide bonds. The van der Waals surface area contributed by atoms with Crippen molar-refractivity contribution in [2.24, 2.45) is 19.2 Å². The van der Waals surface area contributed by atoms with Gasteiger partial charge < -0.3 is 0 Å². The molecule has 11 heteroatoms. The molecule has 2 aromatic rings. The molecule has 0 unspecified atom stereocenters. The number of hydrogen-bond acceptors (Lipinski definition) is 4. The summed E-state index contributed by atoms with van der Waals surface area (Å²) in [5.41, 5.74) is 0.867. The van der Waals surface area contributed by atoms with Crippen LogP contribution in [-0.4, -0.2) is 31.7 Å². The molecule has 0 aliphatic heterocycles. The van der Waals surface area contributed by atoms with Gasteiger partial charge in [-0.25, -0.2) is 10.1 Å². The number of alkyl halides is 3. The lowest BCUT2D eigenvalue weighted by molar-refractivity contribution is -0.143. The molecule has 0 fully saturated rings. The lowest BCUT2D eigenvalue weighted by atomic mass is 10.3. The summed E-state index contributed by atoms with van der Waals surface area (Å²) in [5, 5.41) is 10.8. The summed E-state index contributed by atoms with van der Waals surface area (Å²) in [5.74, 6) is -1.60. The minimum absolute atomic E-state index is 0.0600. The zero-order valence-electron chi connectivity index (χ0n) is 12.3. The first kappa shape index (κ1) is 16.6. The summed E-state index contributed by atoms with van der Waals surface area (Å²) in [6, 6.07) is 0.598. The molecule has 0 saturated heterocycles. The number of carbonyl (C=O) groups excluding carboxylic acids is 1.